The Labute approximate surface area is 174 Å². The van der Waals surface area contributed by atoms with Crippen LogP contribution in [-0.2, 0) is 17.6 Å². The van der Waals surface area contributed by atoms with Crippen molar-refractivity contribution in [2.75, 3.05) is 50.8 Å². The summed E-state index contributed by atoms with van der Waals surface area (Å²) in [6.07, 6.45) is 6.70. The third-order valence-corrected chi connectivity index (χ3v) is 6.06. The molecule has 2 saturated heterocycles. The van der Waals surface area contributed by atoms with Crippen LogP contribution in [0.4, 0.5) is 5.82 Å². The molecule has 0 saturated carbocycles. The van der Waals surface area contributed by atoms with Crippen LogP contribution in [0.3, 0.4) is 0 Å². The number of nitrogens with zero attached hydrogens (tertiary/aromatic N) is 4. The van der Waals surface area contributed by atoms with Crippen molar-refractivity contribution in [2.45, 2.75) is 58.5 Å². The fraction of sp³-hybridized carbons (Fsp3) is 0.773. The molecule has 0 aliphatic carbocycles. The zero-order valence-corrected chi connectivity index (χ0v) is 18.0. The highest BCUT2D eigenvalue weighted by Crippen LogP contribution is 2.26. The Balaban J connectivity index is 1.59. The molecule has 0 aromatic carbocycles. The molecule has 3 aliphatic heterocycles. The minimum Gasteiger partial charge on any atom is -0.375 e. The van der Waals surface area contributed by atoms with Gasteiger partial charge in [-0.05, 0) is 44.7 Å². The maximum Gasteiger partial charge on any atom is 0.270 e. The highest BCUT2D eigenvalue weighted by molar-refractivity contribution is 5.96. The summed E-state index contributed by atoms with van der Waals surface area (Å²) in [5.41, 5.74) is 1.59. The minimum absolute atomic E-state index is 0.0594. The smallest absolute Gasteiger partial charge is 0.270 e. The highest BCUT2D eigenvalue weighted by atomic mass is 16.5. The number of rotatable bonds is 5. The van der Waals surface area contributed by atoms with E-state index in [1.54, 1.807) is 0 Å². The van der Waals surface area contributed by atoms with Crippen LogP contribution in [0, 0.1) is 5.92 Å². The van der Waals surface area contributed by atoms with Crippen molar-refractivity contribution >= 4 is 11.7 Å². The molecule has 7 nitrogen and oxygen atoms in total. The second-order valence-corrected chi connectivity index (χ2v) is 9.05. The number of carbonyl (C=O) groups is 1. The van der Waals surface area contributed by atoms with Gasteiger partial charge in [0.25, 0.3) is 5.91 Å². The number of fused-ring (bicyclic) bond motifs is 1. The van der Waals surface area contributed by atoms with Gasteiger partial charge in [-0.25, -0.2) is 9.97 Å². The lowest BCUT2D eigenvalue weighted by Crippen LogP contribution is -2.43. The van der Waals surface area contributed by atoms with Crippen LogP contribution in [0.15, 0.2) is 0 Å². The summed E-state index contributed by atoms with van der Waals surface area (Å²) in [4.78, 5) is 27.0. The van der Waals surface area contributed by atoms with E-state index in [1.807, 2.05) is 0 Å². The van der Waals surface area contributed by atoms with Crippen LogP contribution in [-0.4, -0.2) is 72.8 Å². The van der Waals surface area contributed by atoms with Crippen LogP contribution in [0.5, 0.6) is 0 Å². The Morgan fingerprint density at radius 3 is 2.76 bits per heavy atom. The molecule has 1 aromatic heterocycles. The summed E-state index contributed by atoms with van der Waals surface area (Å²) in [6, 6.07) is 0. The van der Waals surface area contributed by atoms with Crippen molar-refractivity contribution in [1.82, 2.24) is 20.2 Å². The molecule has 4 heterocycles. The molecule has 3 aliphatic rings. The third-order valence-electron chi connectivity index (χ3n) is 6.06. The first-order valence-corrected chi connectivity index (χ1v) is 11.4. The number of likely N-dealkylation sites (tertiary alicyclic amines) is 1. The molecule has 7 heteroatoms. The van der Waals surface area contributed by atoms with Crippen molar-refractivity contribution < 1.29 is 9.53 Å². The summed E-state index contributed by atoms with van der Waals surface area (Å²) in [5.74, 6) is 2.14. The van der Waals surface area contributed by atoms with E-state index in [1.165, 1.54) is 32.4 Å². The topological polar surface area (TPSA) is 70.6 Å². The predicted molar refractivity (Wildman–Crippen MR) is 113 cm³/mol. The summed E-state index contributed by atoms with van der Waals surface area (Å²) in [5, 5.41) is 2.95. The van der Waals surface area contributed by atoms with Gasteiger partial charge in [0.15, 0.2) is 0 Å². The number of hydrogen-bond donors (Lipinski definition) is 1. The predicted octanol–water partition coefficient (Wildman–Crippen LogP) is 2.04. The highest BCUT2D eigenvalue weighted by Gasteiger charge is 2.29. The molecule has 2 fully saturated rings. The van der Waals surface area contributed by atoms with Gasteiger partial charge in [-0.3, -0.25) is 4.79 Å². The van der Waals surface area contributed by atoms with Gasteiger partial charge in [-0.15, -0.1) is 0 Å². The monoisotopic (exact) mass is 401 g/mol. The molecule has 1 amide bonds. The van der Waals surface area contributed by atoms with Gasteiger partial charge in [0.2, 0.25) is 0 Å². The zero-order valence-electron chi connectivity index (χ0n) is 18.0. The Hall–Kier alpha value is -1.73. The van der Waals surface area contributed by atoms with Crippen molar-refractivity contribution in [3.63, 3.8) is 0 Å². The summed E-state index contributed by atoms with van der Waals surface area (Å²) in [7, 11) is 0. The van der Waals surface area contributed by atoms with E-state index in [-0.39, 0.29) is 12.0 Å². The largest absolute Gasteiger partial charge is 0.375 e. The number of ether oxygens (including phenoxy) is 1. The number of amides is 1. The fourth-order valence-corrected chi connectivity index (χ4v) is 4.67. The third kappa shape index (κ3) is 5.07. The Bertz CT molecular complexity index is 717. The summed E-state index contributed by atoms with van der Waals surface area (Å²) < 4.78 is 6.21. The van der Waals surface area contributed by atoms with Crippen molar-refractivity contribution in [2.24, 2.45) is 5.92 Å². The number of nitrogens with one attached hydrogen (secondary N) is 1. The standard InChI is InChI=1S/C22H35N5O2/c1-16(2)13-19-24-20-18(7-8-23-22(20)28)21(25-19)27-11-6-12-29-17(15-27)14-26-9-4-3-5-10-26/h16-17H,3-15H2,1-2H3,(H,23,28). The number of piperidine rings is 1. The van der Waals surface area contributed by atoms with Gasteiger partial charge < -0.3 is 19.9 Å². The number of anilines is 1. The van der Waals surface area contributed by atoms with Gasteiger partial charge in [-0.2, -0.15) is 0 Å². The van der Waals surface area contributed by atoms with E-state index in [4.69, 9.17) is 9.72 Å². The molecule has 1 aromatic rings. The first-order valence-electron chi connectivity index (χ1n) is 11.4. The lowest BCUT2D eigenvalue weighted by molar-refractivity contribution is 0.0350. The molecule has 160 valence electrons. The zero-order chi connectivity index (χ0) is 20.2. The maximum atomic E-state index is 12.5. The molecular weight excluding hydrogens is 366 g/mol. The molecular formula is C22H35N5O2. The summed E-state index contributed by atoms with van der Waals surface area (Å²) in [6.45, 7) is 10.9. The minimum atomic E-state index is -0.0594. The molecule has 4 rings (SSSR count). The molecule has 1 N–H and O–H groups in total. The Morgan fingerprint density at radius 1 is 1.14 bits per heavy atom. The second kappa shape index (κ2) is 9.39. The van der Waals surface area contributed by atoms with Gasteiger partial charge in [-0.1, -0.05) is 20.3 Å². The Kier molecular flexibility index (Phi) is 6.65. The van der Waals surface area contributed by atoms with Crippen LogP contribution < -0.4 is 10.2 Å². The van der Waals surface area contributed by atoms with E-state index >= 15 is 0 Å². The number of aromatic nitrogens is 2. The van der Waals surface area contributed by atoms with Gasteiger partial charge in [0.1, 0.15) is 17.3 Å². The van der Waals surface area contributed by atoms with Crippen molar-refractivity contribution in [3.8, 4) is 0 Å². The van der Waals surface area contributed by atoms with Crippen LogP contribution in [0.1, 0.15) is 61.4 Å². The van der Waals surface area contributed by atoms with Crippen LogP contribution >= 0.6 is 0 Å². The molecule has 1 atom stereocenters. The van der Waals surface area contributed by atoms with E-state index in [0.29, 0.717) is 18.2 Å². The van der Waals surface area contributed by atoms with Crippen LogP contribution in [0.2, 0.25) is 0 Å². The fourth-order valence-electron chi connectivity index (χ4n) is 4.67. The average molecular weight is 402 g/mol. The molecule has 1 unspecified atom stereocenters. The summed E-state index contributed by atoms with van der Waals surface area (Å²) >= 11 is 0. The van der Waals surface area contributed by atoms with Crippen LogP contribution in [0.25, 0.3) is 0 Å². The lowest BCUT2D eigenvalue weighted by atomic mass is 10.0. The first kappa shape index (κ1) is 20.5. The van der Waals surface area contributed by atoms with E-state index in [0.717, 1.165) is 62.7 Å². The number of hydrogen-bond acceptors (Lipinski definition) is 6. The second-order valence-electron chi connectivity index (χ2n) is 9.05. The van der Waals surface area contributed by atoms with Crippen molar-refractivity contribution in [3.05, 3.63) is 17.1 Å². The SMILES string of the molecule is CC(C)Cc1nc2c(c(N3CCCOC(CN4CCCCC4)C3)n1)CCNC2=O. The molecule has 0 bridgehead atoms. The first-order chi connectivity index (χ1) is 14.1. The average Bonchev–Trinajstić information content (AvgIpc) is 2.94. The normalized spacial score (nSPS) is 23.6. The lowest BCUT2D eigenvalue weighted by Gasteiger charge is -2.33. The molecule has 0 spiro atoms. The van der Waals surface area contributed by atoms with E-state index in [2.05, 4.69) is 33.9 Å². The number of carbonyl (C=O) groups excluding carboxylic acids is 1. The maximum absolute atomic E-state index is 12.5. The van der Waals surface area contributed by atoms with Crippen molar-refractivity contribution in [1.29, 1.82) is 0 Å². The van der Waals surface area contributed by atoms with E-state index < -0.39 is 0 Å². The molecule has 29 heavy (non-hydrogen) atoms. The quantitative estimate of drug-likeness (QED) is 0.814. The van der Waals surface area contributed by atoms with Gasteiger partial charge in [0, 0.05) is 44.8 Å². The van der Waals surface area contributed by atoms with Gasteiger partial charge >= 0.3 is 0 Å². The van der Waals surface area contributed by atoms with Gasteiger partial charge in [0.05, 0.1) is 6.10 Å². The van der Waals surface area contributed by atoms with E-state index in [9.17, 15) is 4.79 Å². The molecule has 0 radical (unpaired) electrons. The Morgan fingerprint density at radius 2 is 1.97 bits per heavy atom.